The van der Waals surface area contributed by atoms with Crippen molar-refractivity contribution in [2.24, 2.45) is 0 Å². The molecule has 1 unspecified atom stereocenters. The molecule has 0 spiro atoms. The van der Waals surface area contributed by atoms with Gasteiger partial charge in [-0.25, -0.2) is 0 Å². The van der Waals surface area contributed by atoms with E-state index in [1.165, 1.54) is 0 Å². The van der Waals surface area contributed by atoms with Gasteiger partial charge in [0.1, 0.15) is 0 Å². The molecule has 1 atom stereocenters. The fourth-order valence-electron chi connectivity index (χ4n) is 1.43. The van der Waals surface area contributed by atoms with E-state index in [0.29, 0.717) is 6.04 Å². The van der Waals surface area contributed by atoms with Crippen LogP contribution in [0.1, 0.15) is 19.8 Å². The van der Waals surface area contributed by atoms with Gasteiger partial charge < -0.3 is 10.1 Å². The highest BCUT2D eigenvalue weighted by molar-refractivity contribution is 4.78. The molecule has 1 N–H and O–H groups in total. The third-order valence-corrected chi connectivity index (χ3v) is 2.37. The molecular weight excluding hydrogens is 190 g/mol. The third-order valence-electron chi connectivity index (χ3n) is 2.37. The van der Waals surface area contributed by atoms with Gasteiger partial charge in [-0.2, -0.15) is 5.10 Å². The van der Waals surface area contributed by atoms with Crippen LogP contribution in [0.5, 0.6) is 0 Å². The van der Waals surface area contributed by atoms with Crippen molar-refractivity contribution in [2.75, 3.05) is 20.3 Å². The van der Waals surface area contributed by atoms with Crippen LogP contribution in [0, 0.1) is 0 Å². The Morgan fingerprint density at radius 2 is 2.40 bits per heavy atom. The Bertz CT molecular complexity index is 236. The average Bonchev–Trinajstić information content (AvgIpc) is 2.74. The molecule has 4 nitrogen and oxygen atoms in total. The first-order chi connectivity index (χ1) is 7.33. The highest BCUT2D eigenvalue weighted by atomic mass is 16.5. The maximum atomic E-state index is 4.99. The molecular formula is C11H21N3O. The zero-order chi connectivity index (χ0) is 10.9. The number of hydrogen-bond acceptors (Lipinski definition) is 3. The van der Waals surface area contributed by atoms with Crippen LogP contribution in [0.3, 0.4) is 0 Å². The van der Waals surface area contributed by atoms with E-state index in [1.54, 1.807) is 7.11 Å². The van der Waals surface area contributed by atoms with Crippen molar-refractivity contribution < 1.29 is 4.74 Å². The Kier molecular flexibility index (Phi) is 6.04. The molecule has 0 bridgehead atoms. The van der Waals surface area contributed by atoms with Crippen LogP contribution in [0.2, 0.25) is 0 Å². The number of nitrogens with zero attached hydrogens (tertiary/aromatic N) is 2. The molecule has 1 aromatic heterocycles. The molecule has 0 radical (unpaired) electrons. The SMILES string of the molecule is COCCCNC(C)CCn1cccn1. The summed E-state index contributed by atoms with van der Waals surface area (Å²) in [6.45, 7) is 5.04. The van der Waals surface area contributed by atoms with Crippen molar-refractivity contribution in [2.45, 2.75) is 32.4 Å². The van der Waals surface area contributed by atoms with Crippen LogP contribution in [0.15, 0.2) is 18.5 Å². The smallest absolute Gasteiger partial charge is 0.0489 e. The predicted octanol–water partition coefficient (Wildman–Crippen LogP) is 1.29. The first kappa shape index (κ1) is 12.2. The first-order valence-corrected chi connectivity index (χ1v) is 5.52. The summed E-state index contributed by atoms with van der Waals surface area (Å²) in [6.07, 6.45) is 5.99. The van der Waals surface area contributed by atoms with Gasteiger partial charge in [0.2, 0.25) is 0 Å². The first-order valence-electron chi connectivity index (χ1n) is 5.52. The fraction of sp³-hybridized carbons (Fsp3) is 0.727. The standard InChI is InChI=1S/C11H21N3O/c1-11(12-6-4-10-15-2)5-9-14-8-3-7-13-14/h3,7-8,11-12H,4-6,9-10H2,1-2H3. The summed E-state index contributed by atoms with van der Waals surface area (Å²) in [5.41, 5.74) is 0. The van der Waals surface area contributed by atoms with Crippen LogP contribution in [0.25, 0.3) is 0 Å². The molecule has 1 heterocycles. The van der Waals surface area contributed by atoms with Gasteiger partial charge in [0.05, 0.1) is 0 Å². The van der Waals surface area contributed by atoms with Gasteiger partial charge in [-0.05, 0) is 32.4 Å². The molecule has 0 aliphatic heterocycles. The van der Waals surface area contributed by atoms with E-state index >= 15 is 0 Å². The van der Waals surface area contributed by atoms with Crippen molar-refractivity contribution in [3.05, 3.63) is 18.5 Å². The number of ether oxygens (including phenoxy) is 1. The summed E-state index contributed by atoms with van der Waals surface area (Å²) in [7, 11) is 1.74. The Balaban J connectivity index is 2.01. The molecule has 0 fully saturated rings. The van der Waals surface area contributed by atoms with Gasteiger partial charge in [0.15, 0.2) is 0 Å². The zero-order valence-corrected chi connectivity index (χ0v) is 9.65. The second kappa shape index (κ2) is 7.43. The van der Waals surface area contributed by atoms with Gasteiger partial charge in [-0.1, -0.05) is 0 Å². The van der Waals surface area contributed by atoms with Crippen molar-refractivity contribution in [1.29, 1.82) is 0 Å². The maximum Gasteiger partial charge on any atom is 0.0489 e. The van der Waals surface area contributed by atoms with Crippen LogP contribution in [-0.4, -0.2) is 36.1 Å². The topological polar surface area (TPSA) is 39.1 Å². The average molecular weight is 211 g/mol. The quantitative estimate of drug-likeness (QED) is 0.659. The minimum absolute atomic E-state index is 0.533. The largest absolute Gasteiger partial charge is 0.385 e. The fourth-order valence-corrected chi connectivity index (χ4v) is 1.43. The van der Waals surface area contributed by atoms with Crippen molar-refractivity contribution in [1.82, 2.24) is 15.1 Å². The summed E-state index contributed by atoms with van der Waals surface area (Å²) >= 11 is 0. The number of methoxy groups -OCH3 is 1. The van der Waals surface area contributed by atoms with Crippen molar-refractivity contribution >= 4 is 0 Å². The van der Waals surface area contributed by atoms with E-state index in [4.69, 9.17) is 4.74 Å². The molecule has 0 aliphatic rings. The number of nitrogens with one attached hydrogen (secondary N) is 1. The van der Waals surface area contributed by atoms with Gasteiger partial charge >= 0.3 is 0 Å². The molecule has 1 rings (SSSR count). The highest BCUT2D eigenvalue weighted by Crippen LogP contribution is 1.95. The van der Waals surface area contributed by atoms with Gasteiger partial charge in [0.25, 0.3) is 0 Å². The predicted molar refractivity (Wildman–Crippen MR) is 60.8 cm³/mol. The van der Waals surface area contributed by atoms with E-state index in [1.807, 2.05) is 23.1 Å². The molecule has 1 aromatic rings. The molecule has 15 heavy (non-hydrogen) atoms. The summed E-state index contributed by atoms with van der Waals surface area (Å²) in [5, 5.41) is 7.63. The van der Waals surface area contributed by atoms with E-state index < -0.39 is 0 Å². The second-order valence-electron chi connectivity index (χ2n) is 3.76. The Morgan fingerprint density at radius 3 is 3.07 bits per heavy atom. The lowest BCUT2D eigenvalue weighted by Gasteiger charge is -2.13. The molecule has 0 aromatic carbocycles. The van der Waals surface area contributed by atoms with E-state index in [0.717, 1.165) is 32.5 Å². The molecule has 4 heteroatoms. The van der Waals surface area contributed by atoms with E-state index in [-0.39, 0.29) is 0 Å². The molecule has 0 saturated heterocycles. The summed E-state index contributed by atoms with van der Waals surface area (Å²) in [6, 6.07) is 2.49. The van der Waals surface area contributed by atoms with Gasteiger partial charge in [-0.3, -0.25) is 4.68 Å². The minimum atomic E-state index is 0.533. The lowest BCUT2D eigenvalue weighted by molar-refractivity contribution is 0.193. The normalized spacial score (nSPS) is 12.9. The number of aromatic nitrogens is 2. The lowest BCUT2D eigenvalue weighted by atomic mass is 10.2. The summed E-state index contributed by atoms with van der Waals surface area (Å²) < 4.78 is 6.95. The Morgan fingerprint density at radius 1 is 1.53 bits per heavy atom. The molecule has 0 saturated carbocycles. The van der Waals surface area contributed by atoms with Gasteiger partial charge in [0, 0.05) is 38.7 Å². The highest BCUT2D eigenvalue weighted by Gasteiger charge is 2.00. The molecule has 86 valence electrons. The molecule has 0 aliphatic carbocycles. The van der Waals surface area contributed by atoms with Gasteiger partial charge in [-0.15, -0.1) is 0 Å². The van der Waals surface area contributed by atoms with Crippen molar-refractivity contribution in [3.8, 4) is 0 Å². The number of rotatable bonds is 8. The second-order valence-corrected chi connectivity index (χ2v) is 3.76. The Hall–Kier alpha value is -0.870. The monoisotopic (exact) mass is 211 g/mol. The zero-order valence-electron chi connectivity index (χ0n) is 9.65. The Labute approximate surface area is 91.6 Å². The molecule has 0 amide bonds. The van der Waals surface area contributed by atoms with Crippen LogP contribution >= 0.6 is 0 Å². The van der Waals surface area contributed by atoms with Crippen molar-refractivity contribution in [3.63, 3.8) is 0 Å². The summed E-state index contributed by atoms with van der Waals surface area (Å²) in [5.74, 6) is 0. The third kappa shape index (κ3) is 5.54. The minimum Gasteiger partial charge on any atom is -0.385 e. The summed E-state index contributed by atoms with van der Waals surface area (Å²) in [4.78, 5) is 0. The maximum absolute atomic E-state index is 4.99. The van der Waals surface area contributed by atoms with Crippen LogP contribution in [-0.2, 0) is 11.3 Å². The number of hydrogen-bond donors (Lipinski definition) is 1. The van der Waals surface area contributed by atoms with E-state index in [2.05, 4.69) is 17.3 Å². The van der Waals surface area contributed by atoms with Crippen LogP contribution in [0.4, 0.5) is 0 Å². The number of aryl methyl sites for hydroxylation is 1. The lowest BCUT2D eigenvalue weighted by Crippen LogP contribution is -2.28. The van der Waals surface area contributed by atoms with E-state index in [9.17, 15) is 0 Å². The van der Waals surface area contributed by atoms with Crippen LogP contribution < -0.4 is 5.32 Å².